The van der Waals surface area contributed by atoms with Crippen molar-refractivity contribution < 1.29 is 9.72 Å². The maximum absolute atomic E-state index is 12.9. The number of non-ortho nitro benzene ring substituents is 1. The smallest absolute Gasteiger partial charge is 0.270 e. The fraction of sp³-hybridized carbons (Fsp3) is 0.0400. The fourth-order valence-corrected chi connectivity index (χ4v) is 3.79. The molecule has 1 heterocycles. The Bertz CT molecular complexity index is 1410. The second kappa shape index (κ2) is 9.00. The molecule has 0 spiro atoms. The zero-order valence-corrected chi connectivity index (χ0v) is 18.3. The summed E-state index contributed by atoms with van der Waals surface area (Å²) in [5.74, 6) is -0.555. The number of nitro groups is 1. The number of rotatable bonds is 6. The minimum Gasteiger partial charge on any atom is -0.342 e. The molecule has 6 nitrogen and oxygen atoms in total. The van der Waals surface area contributed by atoms with E-state index in [1.165, 1.54) is 24.3 Å². The fourth-order valence-electron chi connectivity index (χ4n) is 3.53. The Morgan fingerprint density at radius 1 is 1.09 bits per heavy atom. The number of nitrogens with zero attached hydrogens (tertiary/aromatic N) is 3. The number of hydrogen-bond acceptors (Lipinski definition) is 4. The molecule has 0 N–H and O–H groups in total. The third kappa shape index (κ3) is 4.36. The van der Waals surface area contributed by atoms with Gasteiger partial charge in [-0.3, -0.25) is 14.9 Å². The van der Waals surface area contributed by atoms with Gasteiger partial charge in [-0.2, -0.15) is 5.26 Å². The number of benzene rings is 3. The number of para-hydroxylation sites is 1. The number of ketones is 1. The molecular formula is C25H16BrN3O3. The molecule has 0 aliphatic rings. The van der Waals surface area contributed by atoms with Crippen LogP contribution in [0.5, 0.6) is 0 Å². The number of carbonyl (C=O) groups is 1. The van der Waals surface area contributed by atoms with Crippen molar-refractivity contribution in [2.45, 2.75) is 6.54 Å². The number of nitriles is 1. The van der Waals surface area contributed by atoms with Gasteiger partial charge < -0.3 is 4.57 Å². The summed E-state index contributed by atoms with van der Waals surface area (Å²) in [4.78, 5) is 23.4. The summed E-state index contributed by atoms with van der Waals surface area (Å²) in [7, 11) is 0. The number of nitro benzene ring substituents is 1. The Kier molecular flexibility index (Phi) is 5.97. The number of hydrogen-bond donors (Lipinski definition) is 0. The molecule has 0 radical (unpaired) electrons. The van der Waals surface area contributed by atoms with Gasteiger partial charge in [0.2, 0.25) is 5.78 Å². The predicted molar refractivity (Wildman–Crippen MR) is 126 cm³/mol. The van der Waals surface area contributed by atoms with Crippen molar-refractivity contribution in [2.24, 2.45) is 0 Å². The molecule has 0 aliphatic carbocycles. The van der Waals surface area contributed by atoms with Crippen LogP contribution < -0.4 is 0 Å². The van der Waals surface area contributed by atoms with Gasteiger partial charge in [0.25, 0.3) is 5.69 Å². The van der Waals surface area contributed by atoms with Crippen molar-refractivity contribution >= 4 is 44.4 Å². The van der Waals surface area contributed by atoms with Gasteiger partial charge in [0.05, 0.1) is 4.92 Å². The van der Waals surface area contributed by atoms with E-state index < -0.39 is 10.7 Å². The SMILES string of the molecule is N#C/C(=C\c1cn(Cc2ccc(Br)cc2)c2ccccc12)C(=O)c1cccc([N+](=O)[O-])c1. The van der Waals surface area contributed by atoms with Gasteiger partial charge in [0, 0.05) is 51.4 Å². The Balaban J connectivity index is 1.74. The molecule has 32 heavy (non-hydrogen) atoms. The first-order valence-corrected chi connectivity index (χ1v) is 10.5. The number of aromatic nitrogens is 1. The first kappa shape index (κ1) is 21.2. The molecule has 1 aromatic heterocycles. The molecule has 4 aromatic rings. The zero-order chi connectivity index (χ0) is 22.7. The highest BCUT2D eigenvalue weighted by atomic mass is 79.9. The Labute approximate surface area is 192 Å². The second-order valence-corrected chi connectivity index (χ2v) is 8.08. The van der Waals surface area contributed by atoms with Crippen LogP contribution in [-0.2, 0) is 6.54 Å². The van der Waals surface area contributed by atoms with Crippen LogP contribution in [0.1, 0.15) is 21.5 Å². The molecule has 0 atom stereocenters. The lowest BCUT2D eigenvalue weighted by Gasteiger charge is -2.05. The van der Waals surface area contributed by atoms with E-state index in [0.717, 1.165) is 26.5 Å². The number of fused-ring (bicyclic) bond motifs is 1. The number of allylic oxidation sites excluding steroid dienone is 1. The third-order valence-corrected chi connectivity index (χ3v) is 5.60. The van der Waals surface area contributed by atoms with Gasteiger partial charge in [0.15, 0.2) is 0 Å². The first-order valence-electron chi connectivity index (χ1n) is 9.69. The van der Waals surface area contributed by atoms with Crippen LogP contribution in [0.2, 0.25) is 0 Å². The van der Waals surface area contributed by atoms with Crippen molar-refractivity contribution in [3.63, 3.8) is 0 Å². The van der Waals surface area contributed by atoms with E-state index >= 15 is 0 Å². The zero-order valence-electron chi connectivity index (χ0n) is 16.7. The summed E-state index contributed by atoms with van der Waals surface area (Å²) in [6, 6.07) is 23.1. The summed E-state index contributed by atoms with van der Waals surface area (Å²) in [5.41, 5.74) is 2.63. The van der Waals surface area contributed by atoms with E-state index in [1.807, 2.05) is 60.8 Å². The van der Waals surface area contributed by atoms with Crippen LogP contribution in [0.3, 0.4) is 0 Å². The molecular weight excluding hydrogens is 470 g/mol. The van der Waals surface area contributed by atoms with E-state index in [1.54, 1.807) is 6.08 Å². The normalized spacial score (nSPS) is 11.3. The lowest BCUT2D eigenvalue weighted by atomic mass is 10.0. The van der Waals surface area contributed by atoms with Crippen LogP contribution in [0.4, 0.5) is 5.69 Å². The molecule has 0 amide bonds. The summed E-state index contributed by atoms with van der Waals surface area (Å²) in [6.07, 6.45) is 3.45. The Hall–Kier alpha value is -4.02. The summed E-state index contributed by atoms with van der Waals surface area (Å²) < 4.78 is 3.07. The molecule has 7 heteroatoms. The van der Waals surface area contributed by atoms with Crippen molar-refractivity contribution in [1.29, 1.82) is 5.26 Å². The molecule has 0 bridgehead atoms. The highest BCUT2D eigenvalue weighted by Gasteiger charge is 2.17. The van der Waals surface area contributed by atoms with Gasteiger partial charge in [-0.05, 0) is 29.8 Å². The van der Waals surface area contributed by atoms with E-state index in [4.69, 9.17) is 0 Å². The highest BCUT2D eigenvalue weighted by Crippen LogP contribution is 2.26. The van der Waals surface area contributed by atoms with Gasteiger partial charge >= 0.3 is 0 Å². The average Bonchev–Trinajstić information content (AvgIpc) is 3.15. The van der Waals surface area contributed by atoms with E-state index in [-0.39, 0.29) is 16.8 Å². The number of carbonyl (C=O) groups excluding carboxylic acids is 1. The minimum absolute atomic E-state index is 0.0861. The summed E-state index contributed by atoms with van der Waals surface area (Å²) in [5, 5.41) is 21.6. The monoisotopic (exact) mass is 485 g/mol. The second-order valence-electron chi connectivity index (χ2n) is 7.16. The van der Waals surface area contributed by atoms with Crippen LogP contribution in [0.25, 0.3) is 17.0 Å². The van der Waals surface area contributed by atoms with E-state index in [0.29, 0.717) is 6.54 Å². The minimum atomic E-state index is -0.567. The topological polar surface area (TPSA) is 88.9 Å². The number of halogens is 1. The number of Topliss-reactive ketones (excluding diaryl/α,β-unsaturated/α-hetero) is 1. The third-order valence-electron chi connectivity index (χ3n) is 5.07. The van der Waals surface area contributed by atoms with Crippen molar-refractivity contribution in [1.82, 2.24) is 4.57 Å². The Morgan fingerprint density at radius 3 is 2.56 bits per heavy atom. The van der Waals surface area contributed by atoms with Gasteiger partial charge in [-0.25, -0.2) is 0 Å². The standard InChI is InChI=1S/C25H16BrN3O3/c26-21-10-8-17(9-11-21)15-28-16-20(23-6-1-2-7-24(23)28)12-19(14-27)25(30)18-4-3-5-22(13-18)29(31)32/h1-13,16H,15H2/b19-12+. The highest BCUT2D eigenvalue weighted by molar-refractivity contribution is 9.10. The van der Waals surface area contributed by atoms with Crippen LogP contribution in [0.15, 0.2) is 89.0 Å². The summed E-state index contributed by atoms with van der Waals surface area (Å²) in [6.45, 7) is 0.627. The van der Waals surface area contributed by atoms with Crippen molar-refractivity contribution in [3.05, 3.63) is 116 Å². The molecule has 3 aromatic carbocycles. The predicted octanol–water partition coefficient (Wildman–Crippen LogP) is 6.15. The van der Waals surface area contributed by atoms with Crippen LogP contribution in [0, 0.1) is 21.4 Å². The molecule has 0 saturated carbocycles. The molecule has 0 fully saturated rings. The van der Waals surface area contributed by atoms with Crippen LogP contribution in [-0.4, -0.2) is 15.3 Å². The van der Waals surface area contributed by atoms with Crippen LogP contribution >= 0.6 is 15.9 Å². The molecule has 0 saturated heterocycles. The molecule has 0 unspecified atom stereocenters. The van der Waals surface area contributed by atoms with Crippen molar-refractivity contribution in [3.8, 4) is 6.07 Å². The largest absolute Gasteiger partial charge is 0.342 e. The quantitative estimate of drug-likeness (QED) is 0.108. The Morgan fingerprint density at radius 2 is 1.84 bits per heavy atom. The van der Waals surface area contributed by atoms with E-state index in [9.17, 15) is 20.2 Å². The molecule has 4 rings (SSSR count). The lowest BCUT2D eigenvalue weighted by molar-refractivity contribution is -0.384. The lowest BCUT2D eigenvalue weighted by Crippen LogP contribution is -2.02. The van der Waals surface area contributed by atoms with Gasteiger partial charge in [-0.1, -0.05) is 58.4 Å². The maximum Gasteiger partial charge on any atom is 0.270 e. The first-order chi connectivity index (χ1) is 15.5. The summed E-state index contributed by atoms with van der Waals surface area (Å²) >= 11 is 3.44. The molecule has 156 valence electrons. The molecule has 0 aliphatic heterocycles. The average molecular weight is 486 g/mol. The maximum atomic E-state index is 12.9. The van der Waals surface area contributed by atoms with Gasteiger partial charge in [0.1, 0.15) is 11.6 Å². The van der Waals surface area contributed by atoms with E-state index in [2.05, 4.69) is 20.5 Å². The van der Waals surface area contributed by atoms with Gasteiger partial charge in [-0.15, -0.1) is 0 Å². The van der Waals surface area contributed by atoms with Crippen molar-refractivity contribution in [2.75, 3.05) is 0 Å².